The summed E-state index contributed by atoms with van der Waals surface area (Å²) in [5.41, 5.74) is 4.30. The molecule has 3 rings (SSSR count). The fraction of sp³-hybridized carbons (Fsp3) is 0.100. The summed E-state index contributed by atoms with van der Waals surface area (Å²) in [4.78, 5) is 20.9. The highest BCUT2D eigenvalue weighted by molar-refractivity contribution is 6.03. The van der Waals surface area contributed by atoms with E-state index in [2.05, 4.69) is 20.6 Å². The second-order valence-electron chi connectivity index (χ2n) is 5.80. The highest BCUT2D eigenvalue weighted by Crippen LogP contribution is 2.22. The number of nitrogens with one attached hydrogen (secondary N) is 2. The van der Waals surface area contributed by atoms with Crippen LogP contribution in [0.3, 0.4) is 0 Å². The molecule has 2 N–H and O–H groups in total. The number of carbonyl (C=O) groups is 1. The normalized spacial score (nSPS) is 10.0. The van der Waals surface area contributed by atoms with E-state index in [4.69, 9.17) is 5.26 Å². The van der Waals surface area contributed by atoms with Crippen molar-refractivity contribution in [3.05, 3.63) is 77.1 Å². The van der Waals surface area contributed by atoms with Gasteiger partial charge in [-0.05, 0) is 49.2 Å². The third-order valence-electron chi connectivity index (χ3n) is 3.86. The molecule has 0 aliphatic rings. The number of para-hydroxylation sites is 1. The van der Waals surface area contributed by atoms with E-state index in [1.165, 1.54) is 6.20 Å². The summed E-state index contributed by atoms with van der Waals surface area (Å²) in [6.07, 6.45) is 1.53. The molecule has 1 heterocycles. The standard InChI is InChI=1S/C20H17N5O/c1-13-5-3-6-14(2)18(13)25-20-22-10-9-17(24-20)19(26)23-16-8-4-7-15(11-16)12-21/h3-11H,1-2H3,(H,23,26)(H,22,24,25). The molecular formula is C20H17N5O. The number of nitriles is 1. The Hall–Kier alpha value is -3.72. The Morgan fingerprint density at radius 3 is 2.54 bits per heavy atom. The molecule has 0 atom stereocenters. The number of hydrogen-bond donors (Lipinski definition) is 2. The molecule has 0 unspecified atom stereocenters. The van der Waals surface area contributed by atoms with Crippen molar-refractivity contribution in [2.45, 2.75) is 13.8 Å². The topological polar surface area (TPSA) is 90.7 Å². The SMILES string of the molecule is Cc1cccc(C)c1Nc1nccc(C(=O)Nc2cccc(C#N)c2)n1. The maximum absolute atomic E-state index is 12.4. The largest absolute Gasteiger partial charge is 0.324 e. The van der Waals surface area contributed by atoms with Gasteiger partial charge in [0.15, 0.2) is 0 Å². The molecule has 128 valence electrons. The number of aryl methyl sites for hydroxylation is 2. The monoisotopic (exact) mass is 343 g/mol. The maximum Gasteiger partial charge on any atom is 0.274 e. The van der Waals surface area contributed by atoms with E-state index in [1.54, 1.807) is 30.3 Å². The predicted octanol–water partition coefficient (Wildman–Crippen LogP) is 3.96. The van der Waals surface area contributed by atoms with Gasteiger partial charge in [-0.15, -0.1) is 0 Å². The lowest BCUT2D eigenvalue weighted by Crippen LogP contribution is -2.15. The fourth-order valence-electron chi connectivity index (χ4n) is 2.53. The second kappa shape index (κ2) is 7.45. The van der Waals surface area contributed by atoms with Crippen LogP contribution in [0, 0.1) is 25.2 Å². The van der Waals surface area contributed by atoms with Crippen molar-refractivity contribution < 1.29 is 4.79 Å². The van der Waals surface area contributed by atoms with E-state index < -0.39 is 0 Å². The third kappa shape index (κ3) is 3.84. The van der Waals surface area contributed by atoms with Crippen molar-refractivity contribution in [1.29, 1.82) is 5.26 Å². The average Bonchev–Trinajstić information content (AvgIpc) is 2.65. The quantitative estimate of drug-likeness (QED) is 0.748. The number of carbonyl (C=O) groups excluding carboxylic acids is 1. The summed E-state index contributed by atoms with van der Waals surface area (Å²) >= 11 is 0. The lowest BCUT2D eigenvalue weighted by atomic mass is 10.1. The van der Waals surface area contributed by atoms with Crippen molar-refractivity contribution in [2.24, 2.45) is 0 Å². The van der Waals surface area contributed by atoms with Crippen molar-refractivity contribution in [2.75, 3.05) is 10.6 Å². The van der Waals surface area contributed by atoms with Gasteiger partial charge in [-0.25, -0.2) is 9.97 Å². The van der Waals surface area contributed by atoms with Crippen LogP contribution < -0.4 is 10.6 Å². The molecule has 26 heavy (non-hydrogen) atoms. The van der Waals surface area contributed by atoms with Gasteiger partial charge in [0.1, 0.15) is 5.69 Å². The van der Waals surface area contributed by atoms with E-state index in [-0.39, 0.29) is 11.6 Å². The molecule has 0 radical (unpaired) electrons. The zero-order valence-electron chi connectivity index (χ0n) is 14.4. The van der Waals surface area contributed by atoms with E-state index in [9.17, 15) is 4.79 Å². The van der Waals surface area contributed by atoms with E-state index in [1.807, 2.05) is 38.1 Å². The zero-order chi connectivity index (χ0) is 18.5. The van der Waals surface area contributed by atoms with E-state index >= 15 is 0 Å². The molecule has 0 bridgehead atoms. The summed E-state index contributed by atoms with van der Waals surface area (Å²) in [7, 11) is 0. The first kappa shape index (κ1) is 17.1. The first-order valence-electron chi connectivity index (χ1n) is 8.04. The Morgan fingerprint density at radius 2 is 1.81 bits per heavy atom. The first-order chi connectivity index (χ1) is 12.6. The Labute approximate surface area is 151 Å². The Morgan fingerprint density at radius 1 is 1.08 bits per heavy atom. The van der Waals surface area contributed by atoms with Crippen LogP contribution in [0.15, 0.2) is 54.7 Å². The van der Waals surface area contributed by atoms with Crippen molar-refractivity contribution in [3.8, 4) is 6.07 Å². The molecular weight excluding hydrogens is 326 g/mol. The van der Waals surface area contributed by atoms with E-state index in [0.717, 1.165) is 16.8 Å². The molecule has 0 aliphatic carbocycles. The van der Waals surface area contributed by atoms with Gasteiger partial charge in [-0.1, -0.05) is 24.3 Å². The van der Waals surface area contributed by atoms with Crippen molar-refractivity contribution >= 4 is 23.2 Å². The molecule has 1 aromatic heterocycles. The van der Waals surface area contributed by atoms with Gasteiger partial charge in [-0.3, -0.25) is 4.79 Å². The van der Waals surface area contributed by atoms with Crippen LogP contribution in [0.1, 0.15) is 27.2 Å². The van der Waals surface area contributed by atoms with Gasteiger partial charge >= 0.3 is 0 Å². The van der Waals surface area contributed by atoms with Gasteiger partial charge in [0, 0.05) is 17.6 Å². The van der Waals surface area contributed by atoms with Crippen molar-refractivity contribution in [1.82, 2.24) is 9.97 Å². The van der Waals surface area contributed by atoms with Gasteiger partial charge in [0.05, 0.1) is 11.6 Å². The molecule has 0 spiro atoms. The lowest BCUT2D eigenvalue weighted by Gasteiger charge is -2.12. The number of anilines is 3. The molecule has 6 heteroatoms. The van der Waals surface area contributed by atoms with Gasteiger partial charge in [0.25, 0.3) is 5.91 Å². The van der Waals surface area contributed by atoms with Gasteiger partial charge in [0.2, 0.25) is 5.95 Å². The number of nitrogens with zero attached hydrogens (tertiary/aromatic N) is 3. The number of amides is 1. The van der Waals surface area contributed by atoms with Crippen LogP contribution in [0.5, 0.6) is 0 Å². The van der Waals surface area contributed by atoms with Crippen LogP contribution in [-0.4, -0.2) is 15.9 Å². The average molecular weight is 343 g/mol. The first-order valence-corrected chi connectivity index (χ1v) is 8.04. The summed E-state index contributed by atoms with van der Waals surface area (Å²) in [5, 5.41) is 14.9. The van der Waals surface area contributed by atoms with Crippen LogP contribution in [0.4, 0.5) is 17.3 Å². The van der Waals surface area contributed by atoms with Crippen molar-refractivity contribution in [3.63, 3.8) is 0 Å². The van der Waals surface area contributed by atoms with Gasteiger partial charge < -0.3 is 10.6 Å². The number of benzene rings is 2. The highest BCUT2D eigenvalue weighted by atomic mass is 16.1. The zero-order valence-corrected chi connectivity index (χ0v) is 14.4. The number of hydrogen-bond acceptors (Lipinski definition) is 5. The van der Waals surface area contributed by atoms with Crippen LogP contribution >= 0.6 is 0 Å². The molecule has 0 fully saturated rings. The minimum absolute atomic E-state index is 0.232. The molecule has 0 aliphatic heterocycles. The Balaban J connectivity index is 1.80. The highest BCUT2D eigenvalue weighted by Gasteiger charge is 2.11. The summed E-state index contributed by atoms with van der Waals surface area (Å²) in [6, 6.07) is 16.3. The third-order valence-corrected chi connectivity index (χ3v) is 3.86. The molecule has 1 amide bonds. The predicted molar refractivity (Wildman–Crippen MR) is 100 cm³/mol. The van der Waals surface area contributed by atoms with Crippen LogP contribution in [0.25, 0.3) is 0 Å². The summed E-state index contributed by atoms with van der Waals surface area (Å²) < 4.78 is 0. The lowest BCUT2D eigenvalue weighted by molar-refractivity contribution is 0.102. The number of aromatic nitrogens is 2. The van der Waals surface area contributed by atoms with Crippen LogP contribution in [0.2, 0.25) is 0 Å². The van der Waals surface area contributed by atoms with Gasteiger partial charge in [-0.2, -0.15) is 5.26 Å². The Kier molecular flexibility index (Phi) is 4.90. The molecule has 0 saturated carbocycles. The molecule has 0 saturated heterocycles. The Bertz CT molecular complexity index is 987. The maximum atomic E-state index is 12.4. The van der Waals surface area contributed by atoms with E-state index in [0.29, 0.717) is 17.2 Å². The van der Waals surface area contributed by atoms with Crippen LogP contribution in [-0.2, 0) is 0 Å². The molecule has 6 nitrogen and oxygen atoms in total. The summed E-state index contributed by atoms with van der Waals surface area (Å²) in [6.45, 7) is 3.99. The smallest absolute Gasteiger partial charge is 0.274 e. The molecule has 2 aromatic carbocycles. The minimum atomic E-state index is -0.368. The second-order valence-corrected chi connectivity index (χ2v) is 5.80. The molecule has 3 aromatic rings. The number of rotatable bonds is 4. The summed E-state index contributed by atoms with van der Waals surface area (Å²) in [5.74, 6) is -0.0205. The minimum Gasteiger partial charge on any atom is -0.324 e. The fourth-order valence-corrected chi connectivity index (χ4v) is 2.53.